The zero-order valence-corrected chi connectivity index (χ0v) is 15.3. The highest BCUT2D eigenvalue weighted by atomic mass is 32.1. The van der Waals surface area contributed by atoms with E-state index in [1.165, 1.54) is 4.57 Å². The lowest BCUT2D eigenvalue weighted by atomic mass is 10.1. The van der Waals surface area contributed by atoms with Gasteiger partial charge >= 0.3 is 0 Å². The van der Waals surface area contributed by atoms with E-state index in [4.69, 9.17) is 12.2 Å². The summed E-state index contributed by atoms with van der Waals surface area (Å²) in [5.74, 6) is -0.264. The molecule has 7 nitrogen and oxygen atoms in total. The molecule has 130 valence electrons. The van der Waals surface area contributed by atoms with Gasteiger partial charge in [0.15, 0.2) is 4.77 Å². The first-order valence-electron chi connectivity index (χ1n) is 7.92. The lowest BCUT2D eigenvalue weighted by molar-refractivity contribution is 0.102. The molecule has 0 aliphatic heterocycles. The largest absolute Gasteiger partial charge is 0.332 e. The summed E-state index contributed by atoms with van der Waals surface area (Å²) in [6.07, 6.45) is 0. The number of rotatable bonds is 3. The molecule has 2 N–H and O–H groups in total. The number of aromatic amines is 1. The number of anilines is 1. The molecule has 8 heteroatoms. The van der Waals surface area contributed by atoms with Crippen LogP contribution in [0.1, 0.15) is 28.7 Å². The maximum absolute atomic E-state index is 12.6. The van der Waals surface area contributed by atoms with Crippen molar-refractivity contribution >= 4 is 34.7 Å². The lowest BCUT2D eigenvalue weighted by Crippen LogP contribution is -2.21. The van der Waals surface area contributed by atoms with Crippen molar-refractivity contribution in [3.05, 3.63) is 50.3 Å². The minimum atomic E-state index is -0.264. The first-order chi connectivity index (χ1) is 11.8. The van der Waals surface area contributed by atoms with Gasteiger partial charge in [0.25, 0.3) is 11.5 Å². The average molecular weight is 357 g/mol. The van der Waals surface area contributed by atoms with Crippen LogP contribution >= 0.6 is 12.2 Å². The Morgan fingerprint density at radius 3 is 2.68 bits per heavy atom. The van der Waals surface area contributed by atoms with E-state index >= 15 is 0 Å². The van der Waals surface area contributed by atoms with Crippen molar-refractivity contribution in [2.45, 2.75) is 27.3 Å². The molecular weight excluding hydrogens is 338 g/mol. The predicted octanol–water partition coefficient (Wildman–Crippen LogP) is 2.68. The minimum absolute atomic E-state index is 0.160. The molecule has 3 aromatic rings. The van der Waals surface area contributed by atoms with Crippen LogP contribution in [0.25, 0.3) is 10.9 Å². The van der Waals surface area contributed by atoms with Crippen LogP contribution in [0.2, 0.25) is 0 Å². The molecule has 1 amide bonds. The number of amides is 1. The number of benzene rings is 1. The van der Waals surface area contributed by atoms with Crippen molar-refractivity contribution in [2.24, 2.45) is 7.05 Å². The summed E-state index contributed by atoms with van der Waals surface area (Å²) in [6, 6.07) is 4.92. The van der Waals surface area contributed by atoms with E-state index < -0.39 is 0 Å². The van der Waals surface area contributed by atoms with Crippen LogP contribution in [0.5, 0.6) is 0 Å². The van der Waals surface area contributed by atoms with E-state index in [1.54, 1.807) is 22.9 Å². The van der Waals surface area contributed by atoms with Crippen molar-refractivity contribution in [3.8, 4) is 0 Å². The van der Waals surface area contributed by atoms with Crippen LogP contribution in [-0.4, -0.2) is 25.2 Å². The van der Waals surface area contributed by atoms with Gasteiger partial charge in [-0.1, -0.05) is 0 Å². The second-order valence-corrected chi connectivity index (χ2v) is 6.25. The summed E-state index contributed by atoms with van der Waals surface area (Å²) < 4.78 is 3.55. The molecule has 0 saturated heterocycles. The molecule has 2 heterocycles. The van der Waals surface area contributed by atoms with Crippen molar-refractivity contribution in [1.82, 2.24) is 19.3 Å². The van der Waals surface area contributed by atoms with E-state index in [0.29, 0.717) is 33.5 Å². The van der Waals surface area contributed by atoms with Gasteiger partial charge in [-0.25, -0.2) is 0 Å². The van der Waals surface area contributed by atoms with Gasteiger partial charge in [0, 0.05) is 19.2 Å². The van der Waals surface area contributed by atoms with Gasteiger partial charge in [0.1, 0.15) is 0 Å². The number of aromatic nitrogens is 4. The number of carbonyl (C=O) groups excluding carboxylic acids is 1. The number of hydrogen-bond donors (Lipinski definition) is 2. The van der Waals surface area contributed by atoms with Gasteiger partial charge in [0.05, 0.1) is 28.0 Å². The zero-order chi connectivity index (χ0) is 18.3. The third-order valence-corrected chi connectivity index (χ3v) is 4.63. The first-order valence-corrected chi connectivity index (χ1v) is 8.32. The third-order valence-electron chi connectivity index (χ3n) is 4.31. The van der Waals surface area contributed by atoms with Crippen LogP contribution < -0.4 is 10.9 Å². The zero-order valence-electron chi connectivity index (χ0n) is 14.5. The molecule has 1 aromatic carbocycles. The Hall–Kier alpha value is -2.74. The van der Waals surface area contributed by atoms with Crippen LogP contribution in [0.3, 0.4) is 0 Å². The van der Waals surface area contributed by atoms with Gasteiger partial charge in [-0.3, -0.25) is 18.8 Å². The maximum Gasteiger partial charge on any atom is 0.262 e. The summed E-state index contributed by atoms with van der Waals surface area (Å²) >= 11 is 5.21. The second-order valence-electron chi connectivity index (χ2n) is 5.86. The van der Waals surface area contributed by atoms with Crippen molar-refractivity contribution in [1.29, 1.82) is 0 Å². The van der Waals surface area contributed by atoms with Crippen molar-refractivity contribution in [3.63, 3.8) is 0 Å². The van der Waals surface area contributed by atoms with E-state index in [1.807, 2.05) is 27.8 Å². The number of H-pyrrole nitrogens is 1. The van der Waals surface area contributed by atoms with Crippen LogP contribution in [0.4, 0.5) is 5.69 Å². The molecule has 0 aliphatic rings. The smallest absolute Gasteiger partial charge is 0.262 e. The van der Waals surface area contributed by atoms with Crippen molar-refractivity contribution < 1.29 is 4.79 Å². The van der Waals surface area contributed by atoms with Gasteiger partial charge in [-0.05, 0) is 51.2 Å². The highest BCUT2D eigenvalue weighted by Crippen LogP contribution is 2.20. The number of nitrogens with zero attached hydrogens (tertiary/aromatic N) is 3. The second kappa shape index (κ2) is 6.29. The lowest BCUT2D eigenvalue weighted by Gasteiger charge is -2.08. The summed E-state index contributed by atoms with van der Waals surface area (Å²) in [6.45, 7) is 6.08. The fourth-order valence-corrected chi connectivity index (χ4v) is 3.15. The Morgan fingerprint density at radius 1 is 1.36 bits per heavy atom. The molecule has 2 aromatic heterocycles. The molecule has 0 unspecified atom stereocenters. The minimum Gasteiger partial charge on any atom is -0.332 e. The molecule has 0 fully saturated rings. The normalized spacial score (nSPS) is 11.0. The number of aryl methyl sites for hydroxylation is 2. The molecule has 0 aliphatic carbocycles. The van der Waals surface area contributed by atoms with Gasteiger partial charge in [0.2, 0.25) is 0 Å². The summed E-state index contributed by atoms with van der Waals surface area (Å²) in [5, 5.41) is 7.67. The number of carbonyl (C=O) groups is 1. The summed E-state index contributed by atoms with van der Waals surface area (Å²) in [7, 11) is 1.83. The van der Waals surface area contributed by atoms with Crippen molar-refractivity contribution in [2.75, 3.05) is 5.32 Å². The fourth-order valence-electron chi connectivity index (χ4n) is 2.82. The SMILES string of the molecule is CCn1c(=S)[nH]c2cc(C(=O)Nc3c(C)nn(C)c3C)ccc2c1=O. The van der Waals surface area contributed by atoms with E-state index in [-0.39, 0.29) is 11.5 Å². The van der Waals surface area contributed by atoms with E-state index in [2.05, 4.69) is 15.4 Å². The highest BCUT2D eigenvalue weighted by molar-refractivity contribution is 7.71. The van der Waals surface area contributed by atoms with E-state index in [9.17, 15) is 9.59 Å². The Labute approximate surface area is 149 Å². The molecule has 0 bridgehead atoms. The fraction of sp³-hybridized carbons (Fsp3) is 0.294. The predicted molar refractivity (Wildman–Crippen MR) is 99.7 cm³/mol. The molecular formula is C17H19N5O2S. The summed E-state index contributed by atoms with van der Waals surface area (Å²) in [5.41, 5.74) is 3.15. The summed E-state index contributed by atoms with van der Waals surface area (Å²) in [4.78, 5) is 28.0. The van der Waals surface area contributed by atoms with Crippen LogP contribution in [0.15, 0.2) is 23.0 Å². The van der Waals surface area contributed by atoms with Gasteiger partial charge in [-0.2, -0.15) is 5.10 Å². The Kier molecular flexibility index (Phi) is 4.30. The molecule has 0 radical (unpaired) electrons. The van der Waals surface area contributed by atoms with Crippen LogP contribution in [0, 0.1) is 18.6 Å². The number of fused-ring (bicyclic) bond motifs is 1. The maximum atomic E-state index is 12.6. The van der Waals surface area contributed by atoms with E-state index in [0.717, 1.165) is 11.4 Å². The quantitative estimate of drug-likeness (QED) is 0.706. The molecule has 0 spiro atoms. The Morgan fingerprint density at radius 2 is 2.08 bits per heavy atom. The van der Waals surface area contributed by atoms with Gasteiger partial charge in [-0.15, -0.1) is 0 Å². The molecule has 3 rings (SSSR count). The molecule has 0 atom stereocenters. The third kappa shape index (κ3) is 2.89. The molecule has 25 heavy (non-hydrogen) atoms. The first kappa shape index (κ1) is 17.1. The number of hydrogen-bond acceptors (Lipinski definition) is 4. The van der Waals surface area contributed by atoms with Gasteiger partial charge < -0.3 is 10.3 Å². The number of nitrogens with one attached hydrogen (secondary N) is 2. The topological polar surface area (TPSA) is 84.7 Å². The Balaban J connectivity index is 2.03. The van der Waals surface area contributed by atoms with Crippen LogP contribution in [-0.2, 0) is 13.6 Å². The highest BCUT2D eigenvalue weighted by Gasteiger charge is 2.15. The standard InChI is InChI=1S/C17H19N5O2S/c1-5-22-16(24)12-7-6-11(8-13(12)18-17(22)25)15(23)19-14-9(2)20-21(4)10(14)3/h6-8H,5H2,1-4H3,(H,18,25)(H,19,23). The molecule has 0 saturated carbocycles. The Bertz CT molecular complexity index is 1110. The average Bonchev–Trinajstić information content (AvgIpc) is 2.81. The monoisotopic (exact) mass is 357 g/mol.